The molecular formula is C22H20Cl2F3NO2. The van der Waals surface area contributed by atoms with Crippen molar-refractivity contribution in [2.75, 3.05) is 5.32 Å². The van der Waals surface area contributed by atoms with Crippen LogP contribution in [0.15, 0.2) is 47.0 Å². The molecule has 0 aliphatic heterocycles. The first-order valence-electron chi connectivity index (χ1n) is 9.26. The Morgan fingerprint density at radius 1 is 1.17 bits per heavy atom. The van der Waals surface area contributed by atoms with Crippen LogP contribution in [-0.4, -0.2) is 5.97 Å². The molecule has 2 aromatic rings. The maximum atomic E-state index is 14.4. The summed E-state index contributed by atoms with van der Waals surface area (Å²) in [6.07, 6.45) is 1.55. The molecule has 160 valence electrons. The molecule has 2 atom stereocenters. The van der Waals surface area contributed by atoms with Crippen molar-refractivity contribution in [2.24, 2.45) is 17.3 Å². The van der Waals surface area contributed by atoms with Crippen molar-refractivity contribution >= 4 is 34.9 Å². The van der Waals surface area contributed by atoms with Gasteiger partial charge in [0.1, 0.15) is 16.9 Å². The first-order chi connectivity index (χ1) is 14.1. The Morgan fingerprint density at radius 3 is 2.47 bits per heavy atom. The Labute approximate surface area is 182 Å². The van der Waals surface area contributed by atoms with Crippen molar-refractivity contribution in [3.63, 3.8) is 0 Å². The van der Waals surface area contributed by atoms with Crippen LogP contribution < -0.4 is 5.32 Å². The number of benzene rings is 2. The number of carbonyl (C=O) groups excluding carboxylic acids is 1. The van der Waals surface area contributed by atoms with Crippen molar-refractivity contribution in [1.29, 1.82) is 0 Å². The van der Waals surface area contributed by atoms with Gasteiger partial charge in [-0.05, 0) is 23.0 Å². The second-order valence-electron chi connectivity index (χ2n) is 7.74. The summed E-state index contributed by atoms with van der Waals surface area (Å²) >= 11 is 11.4. The Morgan fingerprint density at radius 2 is 1.83 bits per heavy atom. The molecule has 1 N–H and O–H groups in total. The number of allylic oxidation sites excluding steroid dienone is 1. The lowest BCUT2D eigenvalue weighted by Crippen LogP contribution is -2.14. The lowest BCUT2D eigenvalue weighted by Gasteiger charge is -2.15. The van der Waals surface area contributed by atoms with Crippen LogP contribution in [0.5, 0.6) is 0 Å². The van der Waals surface area contributed by atoms with Crippen LogP contribution in [0.1, 0.15) is 25.0 Å². The average molecular weight is 458 g/mol. The summed E-state index contributed by atoms with van der Waals surface area (Å²) in [7, 11) is 0. The fraction of sp³-hybridized carbons (Fsp3) is 0.318. The van der Waals surface area contributed by atoms with Crippen molar-refractivity contribution < 1.29 is 22.7 Å². The van der Waals surface area contributed by atoms with Gasteiger partial charge in [-0.2, -0.15) is 0 Å². The zero-order valence-electron chi connectivity index (χ0n) is 16.3. The van der Waals surface area contributed by atoms with Crippen molar-refractivity contribution in [2.45, 2.75) is 27.0 Å². The molecule has 0 radical (unpaired) electrons. The Hall–Kier alpha value is -2.18. The third-order valence-corrected chi connectivity index (χ3v) is 5.66. The second-order valence-corrected chi connectivity index (χ2v) is 8.74. The van der Waals surface area contributed by atoms with Crippen molar-refractivity contribution in [3.05, 3.63) is 75.5 Å². The van der Waals surface area contributed by atoms with Gasteiger partial charge in [0, 0.05) is 12.6 Å². The number of rotatable bonds is 7. The highest BCUT2D eigenvalue weighted by Crippen LogP contribution is 2.60. The van der Waals surface area contributed by atoms with E-state index < -0.39 is 46.9 Å². The molecule has 0 unspecified atom stereocenters. The molecule has 1 aliphatic carbocycles. The SMILES string of the molecule is CC1(C)[C@H](C=C(Cl)Cl)[C@H]1C(=O)OCc1c(F)c(F)cc(F)c1NCc1ccccc1. The minimum Gasteiger partial charge on any atom is -0.460 e. The number of nitrogens with one attached hydrogen (secondary N) is 1. The minimum atomic E-state index is -1.36. The third-order valence-electron chi connectivity index (χ3n) is 5.41. The zero-order valence-corrected chi connectivity index (χ0v) is 17.8. The van der Waals surface area contributed by atoms with E-state index in [9.17, 15) is 18.0 Å². The molecule has 2 aromatic carbocycles. The first-order valence-corrected chi connectivity index (χ1v) is 10.0. The summed E-state index contributed by atoms with van der Waals surface area (Å²) in [4.78, 5) is 12.5. The molecule has 1 saturated carbocycles. The van der Waals surface area contributed by atoms with Gasteiger partial charge in [-0.25, -0.2) is 13.2 Å². The van der Waals surface area contributed by atoms with E-state index in [4.69, 9.17) is 27.9 Å². The van der Waals surface area contributed by atoms with E-state index in [1.54, 1.807) is 30.3 Å². The Kier molecular flexibility index (Phi) is 6.68. The van der Waals surface area contributed by atoms with Gasteiger partial charge < -0.3 is 10.1 Å². The average Bonchev–Trinajstić information content (AvgIpc) is 3.22. The standard InChI is InChI=1S/C22H20Cl2F3NO2/c1-22(2)14(8-17(23)24)18(22)21(29)30-11-13-19(27)15(25)9-16(26)20(13)28-10-12-6-4-3-5-7-12/h3-9,14,18,28H,10-11H2,1-2H3/t14-,18+/m1/s1. The van der Waals surface area contributed by atoms with Crippen molar-refractivity contribution in [3.8, 4) is 0 Å². The number of halogens is 5. The maximum absolute atomic E-state index is 14.4. The second kappa shape index (κ2) is 8.90. The van der Waals surface area contributed by atoms with Gasteiger partial charge >= 0.3 is 5.97 Å². The van der Waals surface area contributed by atoms with E-state index in [0.717, 1.165) is 5.56 Å². The minimum absolute atomic E-state index is 0.0361. The summed E-state index contributed by atoms with van der Waals surface area (Å²) in [5.74, 6) is -4.99. The van der Waals surface area contributed by atoms with Crippen LogP contribution in [0.3, 0.4) is 0 Å². The van der Waals surface area contributed by atoms with Crippen LogP contribution in [0.2, 0.25) is 0 Å². The van der Waals surface area contributed by atoms with Gasteiger partial charge in [-0.15, -0.1) is 0 Å². The molecule has 0 amide bonds. The van der Waals surface area contributed by atoms with E-state index in [2.05, 4.69) is 5.32 Å². The summed E-state index contributed by atoms with van der Waals surface area (Å²) < 4.78 is 47.8. The van der Waals surface area contributed by atoms with E-state index in [0.29, 0.717) is 6.07 Å². The van der Waals surface area contributed by atoms with Gasteiger partial charge in [-0.3, -0.25) is 4.79 Å². The van der Waals surface area contributed by atoms with E-state index in [-0.39, 0.29) is 22.6 Å². The van der Waals surface area contributed by atoms with E-state index >= 15 is 0 Å². The number of esters is 1. The smallest absolute Gasteiger partial charge is 0.310 e. The van der Waals surface area contributed by atoms with Crippen molar-refractivity contribution in [1.82, 2.24) is 0 Å². The molecule has 0 heterocycles. The highest BCUT2D eigenvalue weighted by Gasteiger charge is 2.61. The molecule has 3 rings (SSSR count). The fourth-order valence-corrected chi connectivity index (χ4v) is 3.84. The summed E-state index contributed by atoms with van der Waals surface area (Å²) in [5, 5.41) is 2.77. The molecule has 8 heteroatoms. The third kappa shape index (κ3) is 4.76. The molecule has 1 fully saturated rings. The Balaban J connectivity index is 1.76. The Bertz CT molecular complexity index is 976. The monoisotopic (exact) mass is 457 g/mol. The molecule has 0 saturated heterocycles. The lowest BCUT2D eigenvalue weighted by molar-refractivity contribution is -0.147. The van der Waals surface area contributed by atoms with Gasteiger partial charge in [0.15, 0.2) is 11.6 Å². The predicted octanol–water partition coefficient (Wildman–Crippen LogP) is 6.35. The highest BCUT2D eigenvalue weighted by molar-refractivity contribution is 6.55. The highest BCUT2D eigenvalue weighted by atomic mass is 35.5. The van der Waals surface area contributed by atoms with Gasteiger partial charge in [0.05, 0.1) is 17.2 Å². The van der Waals surface area contributed by atoms with E-state index in [1.807, 2.05) is 19.9 Å². The summed E-state index contributed by atoms with van der Waals surface area (Å²) in [6, 6.07) is 9.49. The lowest BCUT2D eigenvalue weighted by atomic mass is 10.1. The van der Waals surface area contributed by atoms with Crippen LogP contribution in [0.4, 0.5) is 18.9 Å². The number of hydrogen-bond donors (Lipinski definition) is 1. The maximum Gasteiger partial charge on any atom is 0.310 e. The van der Waals surface area contributed by atoms with E-state index in [1.165, 1.54) is 0 Å². The molecule has 0 spiro atoms. The topological polar surface area (TPSA) is 38.3 Å². The first kappa shape index (κ1) is 22.5. The normalized spacial score (nSPS) is 19.2. The number of anilines is 1. The number of carbonyl (C=O) groups is 1. The molecule has 3 nitrogen and oxygen atoms in total. The van der Waals surface area contributed by atoms with Crippen LogP contribution in [-0.2, 0) is 22.7 Å². The van der Waals surface area contributed by atoms with Crippen LogP contribution in [0.25, 0.3) is 0 Å². The molecule has 0 bridgehead atoms. The van der Waals surface area contributed by atoms with Crippen LogP contribution >= 0.6 is 23.2 Å². The summed E-state index contributed by atoms with van der Waals surface area (Å²) in [5.41, 5.74) is -0.262. The molecule has 1 aliphatic rings. The van der Waals surface area contributed by atoms with Gasteiger partial charge in [-0.1, -0.05) is 67.4 Å². The van der Waals surface area contributed by atoms with Crippen LogP contribution in [0, 0.1) is 34.7 Å². The molecule has 30 heavy (non-hydrogen) atoms. The molecular weight excluding hydrogens is 438 g/mol. The number of hydrogen-bond acceptors (Lipinski definition) is 3. The van der Waals surface area contributed by atoms with Gasteiger partial charge in [0.2, 0.25) is 0 Å². The predicted molar refractivity (Wildman–Crippen MR) is 110 cm³/mol. The quantitative estimate of drug-likeness (QED) is 0.388. The number of ether oxygens (including phenoxy) is 1. The van der Waals surface area contributed by atoms with Gasteiger partial charge in [0.25, 0.3) is 0 Å². The fourth-order valence-electron chi connectivity index (χ4n) is 3.57. The zero-order chi connectivity index (χ0) is 22.1. The molecule has 0 aromatic heterocycles. The summed E-state index contributed by atoms with van der Waals surface area (Å²) in [6.45, 7) is 3.24. The largest absolute Gasteiger partial charge is 0.460 e.